The lowest BCUT2D eigenvalue weighted by molar-refractivity contribution is 0.602. The first-order chi connectivity index (χ1) is 13.6. The van der Waals surface area contributed by atoms with Crippen LogP contribution in [0.25, 0.3) is 17.0 Å². The zero-order valence-electron chi connectivity index (χ0n) is 16.4. The van der Waals surface area contributed by atoms with Crippen molar-refractivity contribution < 1.29 is 8.78 Å². The maximum atomic E-state index is 14.3. The molecule has 1 aromatic heterocycles. The van der Waals surface area contributed by atoms with Gasteiger partial charge >= 0.3 is 0 Å². The third-order valence-corrected chi connectivity index (χ3v) is 4.69. The number of rotatable bonds is 8. The molecule has 3 rings (SSSR count). The van der Waals surface area contributed by atoms with E-state index in [0.717, 1.165) is 60.3 Å². The molecule has 0 unspecified atom stereocenters. The highest BCUT2D eigenvalue weighted by atomic mass is 19.1. The summed E-state index contributed by atoms with van der Waals surface area (Å²) in [5, 5.41) is 0. The van der Waals surface area contributed by atoms with Gasteiger partial charge in [0.05, 0.1) is 11.3 Å². The van der Waals surface area contributed by atoms with E-state index in [1.165, 1.54) is 6.07 Å². The van der Waals surface area contributed by atoms with E-state index in [0.29, 0.717) is 12.2 Å². The van der Waals surface area contributed by atoms with Gasteiger partial charge in [-0.05, 0) is 42.2 Å². The monoisotopic (exact) mass is 380 g/mol. The molecular weight excluding hydrogens is 354 g/mol. The predicted octanol–water partition coefficient (Wildman–Crippen LogP) is 6.93. The highest BCUT2D eigenvalue weighted by Crippen LogP contribution is 2.29. The molecule has 3 aromatic rings. The Bertz CT molecular complexity index is 942. The number of imidazole rings is 1. The summed E-state index contributed by atoms with van der Waals surface area (Å²) in [7, 11) is 0. The van der Waals surface area contributed by atoms with Gasteiger partial charge in [0.1, 0.15) is 17.5 Å². The van der Waals surface area contributed by atoms with Crippen LogP contribution in [-0.4, -0.2) is 9.97 Å². The fraction of sp³-hybridized carbons (Fsp3) is 0.292. The average Bonchev–Trinajstić information content (AvgIpc) is 3.11. The Morgan fingerprint density at radius 1 is 1.04 bits per heavy atom. The van der Waals surface area contributed by atoms with Crippen LogP contribution in [-0.2, 0) is 6.42 Å². The molecule has 0 radical (unpaired) electrons. The molecule has 0 aliphatic carbocycles. The van der Waals surface area contributed by atoms with E-state index >= 15 is 0 Å². The SMILES string of the molecule is CCCC=C(CCC)c1nc(-c2cc(F)ccc2F)[nH]c1Cc1ccccc1. The van der Waals surface area contributed by atoms with Gasteiger partial charge in [-0.25, -0.2) is 13.8 Å². The summed E-state index contributed by atoms with van der Waals surface area (Å²) in [6.07, 6.45) is 6.80. The number of allylic oxidation sites excluding steroid dienone is 2. The Morgan fingerprint density at radius 3 is 2.54 bits per heavy atom. The molecule has 0 aliphatic rings. The van der Waals surface area contributed by atoms with Crippen LogP contribution in [0.2, 0.25) is 0 Å². The van der Waals surface area contributed by atoms with Crippen LogP contribution >= 0.6 is 0 Å². The number of aromatic nitrogens is 2. The van der Waals surface area contributed by atoms with Gasteiger partial charge in [0.2, 0.25) is 0 Å². The third-order valence-electron chi connectivity index (χ3n) is 4.69. The van der Waals surface area contributed by atoms with Crippen molar-refractivity contribution in [3.63, 3.8) is 0 Å². The van der Waals surface area contributed by atoms with E-state index in [9.17, 15) is 8.78 Å². The van der Waals surface area contributed by atoms with Crippen molar-refractivity contribution in [2.75, 3.05) is 0 Å². The van der Waals surface area contributed by atoms with Gasteiger partial charge in [-0.3, -0.25) is 0 Å². The summed E-state index contributed by atoms with van der Waals surface area (Å²) in [6.45, 7) is 4.28. The van der Waals surface area contributed by atoms with Crippen molar-refractivity contribution in [3.05, 3.63) is 83.2 Å². The lowest BCUT2D eigenvalue weighted by Crippen LogP contribution is -1.95. The second-order valence-electron chi connectivity index (χ2n) is 6.97. The van der Waals surface area contributed by atoms with Crippen LogP contribution in [0.1, 0.15) is 56.5 Å². The highest BCUT2D eigenvalue weighted by Gasteiger charge is 2.18. The summed E-state index contributed by atoms with van der Waals surface area (Å²) in [5.41, 5.74) is 4.25. The van der Waals surface area contributed by atoms with E-state index in [1.807, 2.05) is 18.2 Å². The molecular formula is C24H26F2N2. The number of nitrogens with one attached hydrogen (secondary N) is 1. The minimum atomic E-state index is -0.484. The molecule has 4 heteroatoms. The fourth-order valence-electron chi connectivity index (χ4n) is 3.31. The normalized spacial score (nSPS) is 11.8. The average molecular weight is 380 g/mol. The molecule has 0 amide bonds. The van der Waals surface area contributed by atoms with Gasteiger partial charge in [-0.1, -0.05) is 63.1 Å². The van der Waals surface area contributed by atoms with Crippen molar-refractivity contribution in [1.82, 2.24) is 9.97 Å². The van der Waals surface area contributed by atoms with Crippen LogP contribution in [0.15, 0.2) is 54.6 Å². The first-order valence-electron chi connectivity index (χ1n) is 9.90. The lowest BCUT2D eigenvalue weighted by atomic mass is 10.0. The minimum Gasteiger partial charge on any atom is -0.341 e. The number of nitrogens with zero attached hydrogens (tertiary/aromatic N) is 1. The molecule has 0 atom stereocenters. The summed E-state index contributed by atoms with van der Waals surface area (Å²) in [5.74, 6) is -0.590. The minimum absolute atomic E-state index is 0.159. The van der Waals surface area contributed by atoms with Crippen molar-refractivity contribution in [2.24, 2.45) is 0 Å². The Kier molecular flexibility index (Phi) is 6.75. The molecule has 2 nitrogen and oxygen atoms in total. The Hall–Kier alpha value is -2.75. The Balaban J connectivity index is 2.09. The number of unbranched alkanes of at least 4 members (excludes halogenated alkanes) is 1. The maximum Gasteiger partial charge on any atom is 0.141 e. The lowest BCUT2D eigenvalue weighted by Gasteiger charge is -2.07. The Labute approximate surface area is 165 Å². The quantitative estimate of drug-likeness (QED) is 0.451. The number of halogens is 2. The third kappa shape index (κ3) is 4.75. The summed E-state index contributed by atoms with van der Waals surface area (Å²) >= 11 is 0. The van der Waals surface area contributed by atoms with Gasteiger partial charge in [0.15, 0.2) is 0 Å². The number of hydrogen-bond acceptors (Lipinski definition) is 1. The largest absolute Gasteiger partial charge is 0.341 e. The Morgan fingerprint density at radius 2 is 1.82 bits per heavy atom. The highest BCUT2D eigenvalue weighted by molar-refractivity contribution is 5.69. The van der Waals surface area contributed by atoms with Gasteiger partial charge in [0, 0.05) is 12.1 Å². The van der Waals surface area contributed by atoms with Gasteiger partial charge < -0.3 is 4.98 Å². The summed E-state index contributed by atoms with van der Waals surface area (Å²) in [6, 6.07) is 13.6. The van der Waals surface area contributed by atoms with Crippen LogP contribution in [0.5, 0.6) is 0 Å². The number of hydrogen-bond donors (Lipinski definition) is 1. The molecule has 28 heavy (non-hydrogen) atoms. The molecule has 0 bridgehead atoms. The van der Waals surface area contributed by atoms with Crippen LogP contribution in [0.3, 0.4) is 0 Å². The van der Waals surface area contributed by atoms with Gasteiger partial charge in [-0.15, -0.1) is 0 Å². The number of H-pyrrole nitrogens is 1. The summed E-state index contributed by atoms with van der Waals surface area (Å²) < 4.78 is 28.0. The molecule has 0 saturated heterocycles. The van der Waals surface area contributed by atoms with E-state index < -0.39 is 11.6 Å². The van der Waals surface area contributed by atoms with Gasteiger partial charge in [0.25, 0.3) is 0 Å². The van der Waals surface area contributed by atoms with Gasteiger partial charge in [-0.2, -0.15) is 0 Å². The second kappa shape index (κ2) is 9.45. The van der Waals surface area contributed by atoms with E-state index in [1.54, 1.807) is 0 Å². The summed E-state index contributed by atoms with van der Waals surface area (Å²) in [4.78, 5) is 7.99. The first-order valence-corrected chi connectivity index (χ1v) is 9.90. The molecule has 146 valence electrons. The molecule has 0 aliphatic heterocycles. The van der Waals surface area contributed by atoms with E-state index in [2.05, 4.69) is 37.0 Å². The number of aromatic amines is 1. The number of benzene rings is 2. The first kappa shape index (κ1) is 20.0. The van der Waals surface area contributed by atoms with Crippen LogP contribution in [0, 0.1) is 11.6 Å². The van der Waals surface area contributed by atoms with Crippen molar-refractivity contribution in [1.29, 1.82) is 0 Å². The topological polar surface area (TPSA) is 28.7 Å². The van der Waals surface area contributed by atoms with Crippen molar-refractivity contribution in [3.8, 4) is 11.4 Å². The predicted molar refractivity (Wildman–Crippen MR) is 111 cm³/mol. The standard InChI is InChI=1S/C24H26F2N2/c1-3-5-12-18(9-4-2)23-22(15-17-10-7-6-8-11-17)27-24(28-23)20-16-19(25)13-14-21(20)26/h6-8,10-14,16H,3-5,9,15H2,1-2H3,(H,27,28). The zero-order valence-corrected chi connectivity index (χ0v) is 16.4. The molecule has 1 heterocycles. The van der Waals surface area contributed by atoms with E-state index in [-0.39, 0.29) is 5.56 Å². The maximum absolute atomic E-state index is 14.3. The van der Waals surface area contributed by atoms with Crippen LogP contribution < -0.4 is 0 Å². The molecule has 0 fully saturated rings. The molecule has 2 aromatic carbocycles. The molecule has 1 N–H and O–H groups in total. The fourth-order valence-corrected chi connectivity index (χ4v) is 3.31. The molecule has 0 saturated carbocycles. The second-order valence-corrected chi connectivity index (χ2v) is 6.97. The van der Waals surface area contributed by atoms with Crippen molar-refractivity contribution >= 4 is 5.57 Å². The smallest absolute Gasteiger partial charge is 0.141 e. The van der Waals surface area contributed by atoms with Crippen molar-refractivity contribution in [2.45, 2.75) is 46.0 Å². The zero-order chi connectivity index (χ0) is 19.9. The molecule has 0 spiro atoms. The van der Waals surface area contributed by atoms with Crippen LogP contribution in [0.4, 0.5) is 8.78 Å². The van der Waals surface area contributed by atoms with E-state index in [4.69, 9.17) is 4.98 Å².